The lowest BCUT2D eigenvalue weighted by molar-refractivity contribution is -0.121. The van der Waals surface area contributed by atoms with Gasteiger partial charge in [0.2, 0.25) is 5.91 Å². The van der Waals surface area contributed by atoms with Gasteiger partial charge >= 0.3 is 0 Å². The summed E-state index contributed by atoms with van der Waals surface area (Å²) in [7, 11) is -3.87. The molecular formula is C24H25FN4O3S. The van der Waals surface area contributed by atoms with E-state index < -0.39 is 15.8 Å². The average molecular weight is 469 g/mol. The van der Waals surface area contributed by atoms with Crippen LogP contribution in [-0.2, 0) is 27.8 Å². The van der Waals surface area contributed by atoms with Crippen molar-refractivity contribution in [2.24, 2.45) is 0 Å². The number of hydrogen-bond donors (Lipinski definition) is 1. The number of fused-ring (bicyclic) bond motifs is 1. The molecule has 0 aliphatic carbocycles. The Balaban J connectivity index is 1.39. The third-order valence-electron chi connectivity index (χ3n) is 5.46. The predicted molar refractivity (Wildman–Crippen MR) is 124 cm³/mol. The zero-order valence-electron chi connectivity index (χ0n) is 18.0. The maximum Gasteiger partial charge on any atom is 0.268 e. The topological polar surface area (TPSA) is 86.0 Å². The summed E-state index contributed by atoms with van der Waals surface area (Å²) in [4.78, 5) is 16.2. The van der Waals surface area contributed by atoms with Crippen molar-refractivity contribution in [3.63, 3.8) is 0 Å². The van der Waals surface area contributed by atoms with Crippen LogP contribution in [-0.4, -0.2) is 34.4 Å². The van der Waals surface area contributed by atoms with Crippen LogP contribution < -0.4 is 5.32 Å². The minimum atomic E-state index is -3.87. The number of carbonyl (C=O) groups excluding carboxylic acids is 1. The monoisotopic (exact) mass is 468 g/mol. The number of hydrogen-bond acceptors (Lipinski definition) is 4. The second-order valence-electron chi connectivity index (χ2n) is 7.78. The van der Waals surface area contributed by atoms with Crippen molar-refractivity contribution in [2.75, 3.05) is 6.54 Å². The number of para-hydroxylation sites is 1. The van der Waals surface area contributed by atoms with Gasteiger partial charge in [0.15, 0.2) is 0 Å². The number of aromatic nitrogens is 3. The van der Waals surface area contributed by atoms with Gasteiger partial charge in [-0.25, -0.2) is 21.8 Å². The van der Waals surface area contributed by atoms with Crippen molar-refractivity contribution in [1.82, 2.24) is 18.8 Å². The average Bonchev–Trinajstić information content (AvgIpc) is 3.46. The van der Waals surface area contributed by atoms with Gasteiger partial charge in [0.05, 0.1) is 16.7 Å². The lowest BCUT2D eigenvalue weighted by atomic mass is 10.1. The quantitative estimate of drug-likeness (QED) is 0.359. The Labute approximate surface area is 191 Å². The van der Waals surface area contributed by atoms with Crippen molar-refractivity contribution in [1.29, 1.82) is 0 Å². The van der Waals surface area contributed by atoms with Gasteiger partial charge in [-0.05, 0) is 55.2 Å². The fraction of sp³-hybridized carbons (Fsp3) is 0.250. The van der Waals surface area contributed by atoms with Crippen LogP contribution in [0.4, 0.5) is 4.39 Å². The number of nitrogens with one attached hydrogen (secondary N) is 1. The number of rotatable bonds is 10. The Morgan fingerprint density at radius 2 is 1.85 bits per heavy atom. The number of carbonyl (C=O) groups is 1. The zero-order chi connectivity index (χ0) is 23.3. The summed E-state index contributed by atoms with van der Waals surface area (Å²) < 4.78 is 42.8. The molecule has 172 valence electrons. The van der Waals surface area contributed by atoms with Crippen molar-refractivity contribution < 1.29 is 17.6 Å². The van der Waals surface area contributed by atoms with Gasteiger partial charge in [0.1, 0.15) is 5.82 Å². The molecule has 0 bridgehead atoms. The van der Waals surface area contributed by atoms with E-state index in [0.717, 1.165) is 36.0 Å². The van der Waals surface area contributed by atoms with E-state index in [0.29, 0.717) is 31.3 Å². The van der Waals surface area contributed by atoms with Gasteiger partial charge in [0, 0.05) is 43.5 Å². The summed E-state index contributed by atoms with van der Waals surface area (Å²) in [5, 5.41) is 3.74. The fourth-order valence-corrected chi connectivity index (χ4v) is 5.16. The molecular weight excluding hydrogens is 443 g/mol. The number of aryl methyl sites for hydroxylation is 2. The summed E-state index contributed by atoms with van der Waals surface area (Å²) in [5.41, 5.74) is 1.41. The molecule has 0 spiro atoms. The third kappa shape index (κ3) is 5.31. The van der Waals surface area contributed by atoms with Crippen LogP contribution >= 0.6 is 0 Å². The Kier molecular flexibility index (Phi) is 6.88. The van der Waals surface area contributed by atoms with Crippen LogP contribution in [0.1, 0.15) is 24.8 Å². The Bertz CT molecular complexity index is 1330. The van der Waals surface area contributed by atoms with Gasteiger partial charge < -0.3 is 9.88 Å². The minimum Gasteiger partial charge on any atom is -0.356 e. The largest absolute Gasteiger partial charge is 0.356 e. The van der Waals surface area contributed by atoms with Gasteiger partial charge in [-0.15, -0.1) is 0 Å². The molecule has 0 radical (unpaired) electrons. The van der Waals surface area contributed by atoms with Gasteiger partial charge in [-0.1, -0.05) is 18.2 Å². The first-order valence-corrected chi connectivity index (χ1v) is 12.2. The van der Waals surface area contributed by atoms with Gasteiger partial charge in [-0.2, -0.15) is 0 Å². The first-order chi connectivity index (χ1) is 15.9. The molecule has 2 heterocycles. The second-order valence-corrected chi connectivity index (χ2v) is 9.60. The van der Waals surface area contributed by atoms with E-state index in [4.69, 9.17) is 0 Å². The molecule has 1 N–H and O–H groups in total. The summed E-state index contributed by atoms with van der Waals surface area (Å²) in [6, 6.07) is 12.0. The van der Waals surface area contributed by atoms with Gasteiger partial charge in [-0.3, -0.25) is 4.79 Å². The molecule has 4 rings (SSSR count). The van der Waals surface area contributed by atoms with Crippen molar-refractivity contribution >= 4 is 26.8 Å². The smallest absolute Gasteiger partial charge is 0.268 e. The summed E-state index contributed by atoms with van der Waals surface area (Å²) in [6.45, 7) is 1.38. The van der Waals surface area contributed by atoms with E-state index in [1.165, 1.54) is 16.1 Å². The van der Waals surface area contributed by atoms with E-state index >= 15 is 0 Å². The maximum absolute atomic E-state index is 13.3. The number of imidazole rings is 1. The van der Waals surface area contributed by atoms with Crippen LogP contribution in [0.5, 0.6) is 0 Å². The lowest BCUT2D eigenvalue weighted by Gasteiger charge is -2.07. The molecule has 0 fully saturated rings. The molecule has 0 atom stereocenters. The molecule has 9 heteroatoms. The highest BCUT2D eigenvalue weighted by molar-refractivity contribution is 7.90. The molecule has 2 aromatic heterocycles. The highest BCUT2D eigenvalue weighted by Crippen LogP contribution is 2.27. The van der Waals surface area contributed by atoms with E-state index in [1.807, 2.05) is 22.9 Å². The van der Waals surface area contributed by atoms with E-state index in [2.05, 4.69) is 10.3 Å². The summed E-state index contributed by atoms with van der Waals surface area (Å²) in [6.07, 6.45) is 9.29. The van der Waals surface area contributed by atoms with E-state index in [-0.39, 0.29) is 10.8 Å². The standard InChI is InChI=1S/C24H25FN4O3S/c25-20-9-11-21(12-10-20)33(31,32)29-17-19(22-6-1-2-7-23(22)29)5-3-8-24(30)27-13-4-15-28-16-14-26-18-28/h1-2,6-7,9-12,14,16-18H,3-5,8,13,15H2,(H,27,30). The lowest BCUT2D eigenvalue weighted by Crippen LogP contribution is -2.24. The summed E-state index contributed by atoms with van der Waals surface area (Å²) in [5.74, 6) is -0.518. The molecule has 0 aliphatic rings. The predicted octanol–water partition coefficient (Wildman–Crippen LogP) is 3.74. The molecule has 0 saturated heterocycles. The van der Waals surface area contributed by atoms with Crippen LogP contribution in [0.2, 0.25) is 0 Å². The first-order valence-electron chi connectivity index (χ1n) is 10.8. The highest BCUT2D eigenvalue weighted by Gasteiger charge is 2.21. The van der Waals surface area contributed by atoms with Gasteiger partial charge in [0.25, 0.3) is 10.0 Å². The second kappa shape index (κ2) is 9.99. The van der Waals surface area contributed by atoms with Crippen LogP contribution in [0.3, 0.4) is 0 Å². The molecule has 1 amide bonds. The van der Waals surface area contributed by atoms with Crippen LogP contribution in [0, 0.1) is 5.82 Å². The zero-order valence-corrected chi connectivity index (χ0v) is 18.8. The number of nitrogens with zero attached hydrogens (tertiary/aromatic N) is 3. The molecule has 0 saturated carbocycles. The molecule has 0 aliphatic heterocycles. The van der Waals surface area contributed by atoms with Crippen molar-refractivity contribution in [2.45, 2.75) is 37.1 Å². The van der Waals surface area contributed by atoms with Crippen LogP contribution in [0.25, 0.3) is 10.9 Å². The summed E-state index contributed by atoms with van der Waals surface area (Å²) >= 11 is 0. The maximum atomic E-state index is 13.3. The molecule has 33 heavy (non-hydrogen) atoms. The Morgan fingerprint density at radius 3 is 2.61 bits per heavy atom. The Hall–Kier alpha value is -3.46. The fourth-order valence-electron chi connectivity index (χ4n) is 3.77. The molecule has 7 nitrogen and oxygen atoms in total. The number of halogens is 1. The van der Waals surface area contributed by atoms with Crippen LogP contribution in [0.15, 0.2) is 78.3 Å². The van der Waals surface area contributed by atoms with E-state index in [1.54, 1.807) is 30.9 Å². The van der Waals surface area contributed by atoms with E-state index in [9.17, 15) is 17.6 Å². The minimum absolute atomic E-state index is 0.0197. The van der Waals surface area contributed by atoms with Crippen molar-refractivity contribution in [3.8, 4) is 0 Å². The molecule has 2 aromatic carbocycles. The molecule has 4 aromatic rings. The first kappa shape index (κ1) is 22.7. The number of benzene rings is 2. The Morgan fingerprint density at radius 1 is 1.06 bits per heavy atom. The normalized spacial score (nSPS) is 11.7. The molecule has 0 unspecified atom stereocenters. The van der Waals surface area contributed by atoms with Crippen molar-refractivity contribution in [3.05, 3.63) is 84.8 Å². The third-order valence-corrected chi connectivity index (χ3v) is 7.14. The number of amides is 1. The highest BCUT2D eigenvalue weighted by atomic mass is 32.2. The SMILES string of the molecule is O=C(CCCc1cn(S(=O)(=O)c2ccc(F)cc2)c2ccccc12)NCCCn1ccnc1.